The Hall–Kier alpha value is -2.97. The van der Waals surface area contributed by atoms with Gasteiger partial charge in [0.05, 0.1) is 38.1 Å². The number of esters is 1. The predicted molar refractivity (Wildman–Crippen MR) is 168 cm³/mol. The molecular formula is C33H51N3O10. The zero-order valence-electron chi connectivity index (χ0n) is 28.0. The maximum absolute atomic E-state index is 13.3. The number of rotatable bonds is 9. The van der Waals surface area contributed by atoms with Crippen molar-refractivity contribution in [2.45, 2.75) is 102 Å². The molecule has 0 radical (unpaired) electrons. The molecule has 0 aliphatic carbocycles. The molecule has 2 amide bonds. The van der Waals surface area contributed by atoms with Crippen molar-refractivity contribution in [3.8, 4) is 5.75 Å². The van der Waals surface area contributed by atoms with Crippen LogP contribution in [0.15, 0.2) is 12.1 Å². The highest BCUT2D eigenvalue weighted by molar-refractivity contribution is 5.94. The van der Waals surface area contributed by atoms with E-state index in [1.165, 1.54) is 7.11 Å². The minimum atomic E-state index is -1.38. The Morgan fingerprint density at radius 1 is 1.13 bits per heavy atom. The molecule has 0 aromatic heterocycles. The number of carbonyl (C=O) groups excluding carboxylic acids is 3. The number of phenolic OH excluding ortho intramolecular Hbond substituents is 1. The van der Waals surface area contributed by atoms with Crippen LogP contribution in [0.5, 0.6) is 5.75 Å². The lowest BCUT2D eigenvalue weighted by Gasteiger charge is -2.47. The fourth-order valence-corrected chi connectivity index (χ4v) is 6.76. The molecule has 5 atom stereocenters. The lowest BCUT2D eigenvalue weighted by Crippen LogP contribution is -2.61. The van der Waals surface area contributed by atoms with Crippen LogP contribution in [0, 0.1) is 13.8 Å². The first kappa shape index (κ1) is 35.9. The fourth-order valence-electron chi connectivity index (χ4n) is 6.76. The second kappa shape index (κ2) is 14.4. The summed E-state index contributed by atoms with van der Waals surface area (Å²) >= 11 is 0. The van der Waals surface area contributed by atoms with Gasteiger partial charge in [-0.25, -0.2) is 9.59 Å². The Kier molecular flexibility index (Phi) is 11.3. The van der Waals surface area contributed by atoms with Gasteiger partial charge < -0.3 is 44.5 Å². The second-order valence-corrected chi connectivity index (χ2v) is 13.9. The molecule has 0 saturated carbocycles. The molecule has 3 aliphatic rings. The van der Waals surface area contributed by atoms with E-state index in [-0.39, 0.29) is 24.8 Å². The summed E-state index contributed by atoms with van der Waals surface area (Å²) in [5.41, 5.74) is -0.945. The van der Waals surface area contributed by atoms with E-state index in [1.807, 2.05) is 20.8 Å². The highest BCUT2D eigenvalue weighted by atomic mass is 16.6. The number of hydrogen-bond donors (Lipinski definition) is 4. The molecule has 2 unspecified atom stereocenters. The van der Waals surface area contributed by atoms with Gasteiger partial charge in [0.2, 0.25) is 0 Å². The molecule has 46 heavy (non-hydrogen) atoms. The number of phenols is 1. The Balaban J connectivity index is 1.40. The Morgan fingerprint density at radius 2 is 1.83 bits per heavy atom. The van der Waals surface area contributed by atoms with Gasteiger partial charge in [-0.1, -0.05) is 0 Å². The summed E-state index contributed by atoms with van der Waals surface area (Å²) in [5.74, 6) is -0.887. The van der Waals surface area contributed by atoms with Gasteiger partial charge in [0.15, 0.2) is 5.60 Å². The van der Waals surface area contributed by atoms with Crippen LogP contribution < -0.4 is 5.32 Å². The number of nitrogens with one attached hydrogen (secondary N) is 1. The van der Waals surface area contributed by atoms with E-state index in [4.69, 9.17) is 18.9 Å². The molecule has 258 valence electrons. The zero-order chi connectivity index (χ0) is 33.9. The number of methoxy groups -OCH3 is 1. The molecule has 13 heteroatoms. The number of likely N-dealkylation sites (tertiary alicyclic amines) is 1. The smallest absolute Gasteiger partial charge is 0.410 e. The van der Waals surface area contributed by atoms with E-state index >= 15 is 0 Å². The average Bonchev–Trinajstić information content (AvgIpc) is 3.44. The summed E-state index contributed by atoms with van der Waals surface area (Å²) in [6.07, 6.45) is -1.64. The molecule has 3 aliphatic heterocycles. The van der Waals surface area contributed by atoms with Gasteiger partial charge in [0.25, 0.3) is 5.91 Å². The van der Waals surface area contributed by atoms with Crippen LogP contribution in [0.4, 0.5) is 4.79 Å². The molecule has 0 bridgehead atoms. The van der Waals surface area contributed by atoms with Crippen molar-refractivity contribution >= 4 is 18.0 Å². The minimum absolute atomic E-state index is 0.116. The molecule has 13 nitrogen and oxygen atoms in total. The second-order valence-electron chi connectivity index (χ2n) is 13.9. The summed E-state index contributed by atoms with van der Waals surface area (Å²) in [4.78, 5) is 42.8. The third kappa shape index (κ3) is 8.11. The number of nitrogens with zero attached hydrogens (tertiary/aromatic N) is 2. The van der Waals surface area contributed by atoms with E-state index in [2.05, 4.69) is 10.2 Å². The van der Waals surface area contributed by atoms with Gasteiger partial charge in [-0.2, -0.15) is 0 Å². The number of aliphatic hydroxyl groups is 2. The Morgan fingerprint density at radius 3 is 2.48 bits per heavy atom. The number of benzene rings is 1. The van der Waals surface area contributed by atoms with Crippen LogP contribution in [-0.2, 0) is 23.7 Å². The maximum Gasteiger partial charge on any atom is 0.410 e. The van der Waals surface area contributed by atoms with Crippen LogP contribution in [0.2, 0.25) is 0 Å². The average molecular weight is 650 g/mol. The SMILES string of the molecule is COC(=O)[C@@]1(CCN2CCOCC23CCN(C(=O)OC(C)(C)C)C3)CCC[C@H]([C@H](O)C(O)CNC(=O)c2cc(C)c(O)c(C)c2)O1. The lowest BCUT2D eigenvalue weighted by molar-refractivity contribution is -0.210. The topological polar surface area (TPSA) is 167 Å². The van der Waals surface area contributed by atoms with Crippen molar-refractivity contribution < 1.29 is 48.7 Å². The van der Waals surface area contributed by atoms with Crippen molar-refractivity contribution in [3.63, 3.8) is 0 Å². The van der Waals surface area contributed by atoms with Crippen molar-refractivity contribution in [1.82, 2.24) is 15.1 Å². The Bertz CT molecular complexity index is 1250. The van der Waals surface area contributed by atoms with E-state index in [1.54, 1.807) is 30.9 Å². The molecular weight excluding hydrogens is 598 g/mol. The first-order chi connectivity index (χ1) is 21.6. The third-order valence-electron chi connectivity index (χ3n) is 9.32. The number of aryl methyl sites for hydroxylation is 2. The fraction of sp³-hybridized carbons (Fsp3) is 0.727. The van der Waals surface area contributed by atoms with E-state index < -0.39 is 46.9 Å². The van der Waals surface area contributed by atoms with Crippen LogP contribution in [0.25, 0.3) is 0 Å². The maximum atomic E-state index is 13.3. The molecule has 1 aromatic carbocycles. The number of aromatic hydroxyl groups is 1. The number of ether oxygens (including phenoxy) is 4. The number of morpholine rings is 1. The van der Waals surface area contributed by atoms with E-state index in [0.29, 0.717) is 81.8 Å². The Labute approximate surface area is 271 Å². The molecule has 4 rings (SSSR count). The number of aliphatic hydroxyl groups excluding tert-OH is 2. The van der Waals surface area contributed by atoms with E-state index in [9.17, 15) is 29.7 Å². The summed E-state index contributed by atoms with van der Waals surface area (Å²) < 4.78 is 23.0. The third-order valence-corrected chi connectivity index (χ3v) is 9.32. The lowest BCUT2D eigenvalue weighted by atomic mass is 9.85. The number of amides is 2. The first-order valence-corrected chi connectivity index (χ1v) is 16.1. The number of carbonyl (C=O) groups is 3. The van der Waals surface area contributed by atoms with Gasteiger partial charge in [-0.3, -0.25) is 9.69 Å². The normalized spacial score (nSPS) is 26.9. The summed E-state index contributed by atoms with van der Waals surface area (Å²) in [7, 11) is 1.30. The molecule has 1 spiro atoms. The number of hydrogen-bond acceptors (Lipinski definition) is 11. The quantitative estimate of drug-likeness (QED) is 0.289. The monoisotopic (exact) mass is 649 g/mol. The van der Waals surface area contributed by atoms with Crippen LogP contribution in [0.1, 0.15) is 74.4 Å². The first-order valence-electron chi connectivity index (χ1n) is 16.1. The van der Waals surface area contributed by atoms with Crippen molar-refractivity contribution in [2.24, 2.45) is 0 Å². The predicted octanol–water partition coefficient (Wildman–Crippen LogP) is 2.04. The molecule has 3 saturated heterocycles. The van der Waals surface area contributed by atoms with Gasteiger partial charge in [-0.15, -0.1) is 0 Å². The molecule has 1 aromatic rings. The minimum Gasteiger partial charge on any atom is -0.507 e. The van der Waals surface area contributed by atoms with Crippen LogP contribution in [0.3, 0.4) is 0 Å². The highest BCUT2D eigenvalue weighted by Gasteiger charge is 2.51. The summed E-state index contributed by atoms with van der Waals surface area (Å²) in [6.45, 7) is 11.7. The zero-order valence-corrected chi connectivity index (χ0v) is 28.0. The van der Waals surface area contributed by atoms with Crippen LogP contribution >= 0.6 is 0 Å². The summed E-state index contributed by atoms with van der Waals surface area (Å²) in [6, 6.07) is 3.10. The van der Waals surface area contributed by atoms with Gasteiger partial charge in [0.1, 0.15) is 17.5 Å². The van der Waals surface area contributed by atoms with Gasteiger partial charge in [-0.05, 0) is 90.0 Å². The standard InChI is InChI=1S/C33H51N3O10/c1-21-16-23(17-22(2)26(21)38)28(40)34-18-24(37)27(39)25-8-7-9-33(45-25,29(41)43-6)11-13-36-14-15-44-20-32(36)10-12-35(19-32)30(42)46-31(3,4)5/h16-17,24-25,27,37-39H,7-15,18-20H2,1-6H3,(H,34,40)/t24?,25-,27-,32?,33+/m1/s1. The molecule has 4 N–H and O–H groups in total. The largest absolute Gasteiger partial charge is 0.507 e. The molecule has 3 heterocycles. The van der Waals surface area contributed by atoms with Gasteiger partial charge in [0, 0.05) is 38.3 Å². The van der Waals surface area contributed by atoms with Crippen molar-refractivity contribution in [1.29, 1.82) is 0 Å². The van der Waals surface area contributed by atoms with E-state index in [0.717, 1.165) is 0 Å². The van der Waals surface area contributed by atoms with Crippen molar-refractivity contribution in [3.05, 3.63) is 28.8 Å². The van der Waals surface area contributed by atoms with Gasteiger partial charge >= 0.3 is 12.1 Å². The highest BCUT2D eigenvalue weighted by Crippen LogP contribution is 2.38. The summed E-state index contributed by atoms with van der Waals surface area (Å²) in [5, 5.41) is 34.6. The van der Waals surface area contributed by atoms with Crippen LogP contribution in [-0.4, -0.2) is 131 Å². The molecule has 3 fully saturated rings. The van der Waals surface area contributed by atoms with Crippen molar-refractivity contribution in [2.75, 3.05) is 53.0 Å².